The van der Waals surface area contributed by atoms with Crippen molar-refractivity contribution in [2.75, 3.05) is 0 Å². The molecular weight excluding hydrogens is 227 g/mol. The highest BCUT2D eigenvalue weighted by Crippen LogP contribution is 2.14. The molecule has 0 bridgehead atoms. The number of halogens is 1. The average molecular weight is 240 g/mol. The molecule has 3 aromatic rings. The van der Waals surface area contributed by atoms with E-state index in [9.17, 15) is 4.39 Å². The average Bonchev–Trinajstić information content (AvgIpc) is 2.74. The fourth-order valence-electron chi connectivity index (χ4n) is 2.24. The van der Waals surface area contributed by atoms with E-state index >= 15 is 0 Å². The summed E-state index contributed by atoms with van der Waals surface area (Å²) in [5, 5.41) is 0. The number of pyridine rings is 1. The van der Waals surface area contributed by atoms with Crippen molar-refractivity contribution < 1.29 is 4.39 Å². The van der Waals surface area contributed by atoms with Gasteiger partial charge in [-0.25, -0.2) is 9.37 Å². The van der Waals surface area contributed by atoms with Crippen molar-refractivity contribution in [2.24, 2.45) is 0 Å². The first-order valence-electron chi connectivity index (χ1n) is 5.90. The summed E-state index contributed by atoms with van der Waals surface area (Å²) in [6, 6.07) is 12.7. The van der Waals surface area contributed by atoms with Gasteiger partial charge in [-0.15, -0.1) is 0 Å². The van der Waals surface area contributed by atoms with Gasteiger partial charge in [-0.2, -0.15) is 0 Å². The Labute approximate surface area is 105 Å². The molecule has 18 heavy (non-hydrogen) atoms. The predicted octanol–water partition coefficient (Wildman–Crippen LogP) is 3.37. The maximum atomic E-state index is 13.2. The molecule has 0 saturated carbocycles. The number of benzene rings is 1. The highest BCUT2D eigenvalue weighted by atomic mass is 19.1. The summed E-state index contributed by atoms with van der Waals surface area (Å²) in [5.74, 6) is 0.735. The van der Waals surface area contributed by atoms with Crippen LogP contribution < -0.4 is 0 Å². The van der Waals surface area contributed by atoms with Gasteiger partial charge in [-0.1, -0.05) is 18.2 Å². The van der Waals surface area contributed by atoms with E-state index in [1.165, 1.54) is 6.07 Å². The minimum absolute atomic E-state index is 0.204. The highest BCUT2D eigenvalue weighted by Gasteiger charge is 2.06. The van der Waals surface area contributed by atoms with E-state index in [-0.39, 0.29) is 5.82 Å². The van der Waals surface area contributed by atoms with Gasteiger partial charge >= 0.3 is 0 Å². The van der Waals surface area contributed by atoms with E-state index in [0.717, 1.165) is 22.6 Å². The van der Waals surface area contributed by atoms with Gasteiger partial charge in [0, 0.05) is 12.1 Å². The van der Waals surface area contributed by atoms with Crippen molar-refractivity contribution in [1.82, 2.24) is 9.38 Å². The molecule has 0 unspecified atom stereocenters. The molecule has 1 aromatic carbocycles. The number of aryl methyl sites for hydroxylation is 1. The fourth-order valence-corrected chi connectivity index (χ4v) is 2.24. The number of fused-ring (bicyclic) bond motifs is 1. The van der Waals surface area contributed by atoms with Crippen LogP contribution in [0.2, 0.25) is 0 Å². The van der Waals surface area contributed by atoms with Crippen LogP contribution in [0.25, 0.3) is 5.52 Å². The van der Waals surface area contributed by atoms with Crippen molar-refractivity contribution in [3.63, 3.8) is 0 Å². The molecule has 0 spiro atoms. The van der Waals surface area contributed by atoms with E-state index in [0.29, 0.717) is 6.42 Å². The summed E-state index contributed by atoms with van der Waals surface area (Å²) < 4.78 is 15.3. The van der Waals surface area contributed by atoms with Crippen LogP contribution in [0.5, 0.6) is 0 Å². The first kappa shape index (κ1) is 11.0. The lowest BCUT2D eigenvalue weighted by Crippen LogP contribution is -1.99. The second-order valence-electron chi connectivity index (χ2n) is 4.41. The summed E-state index contributed by atoms with van der Waals surface area (Å²) in [7, 11) is 0. The molecule has 3 heteroatoms. The number of hydrogen-bond acceptors (Lipinski definition) is 1. The van der Waals surface area contributed by atoms with Crippen LogP contribution in [0, 0.1) is 12.7 Å². The smallest absolute Gasteiger partial charge is 0.123 e. The Hall–Kier alpha value is -2.16. The molecule has 0 atom stereocenters. The molecule has 0 aliphatic rings. The third-order valence-electron chi connectivity index (χ3n) is 3.07. The van der Waals surface area contributed by atoms with E-state index < -0.39 is 0 Å². The summed E-state index contributed by atoms with van der Waals surface area (Å²) in [5.41, 5.74) is 3.14. The predicted molar refractivity (Wildman–Crippen MR) is 69.1 cm³/mol. The zero-order valence-electron chi connectivity index (χ0n) is 10.1. The molecule has 2 nitrogen and oxygen atoms in total. The zero-order chi connectivity index (χ0) is 12.5. The quantitative estimate of drug-likeness (QED) is 0.671. The molecule has 2 aromatic heterocycles. The molecule has 0 N–H and O–H groups in total. The van der Waals surface area contributed by atoms with Crippen molar-refractivity contribution in [1.29, 1.82) is 0 Å². The Kier molecular flexibility index (Phi) is 2.59. The largest absolute Gasteiger partial charge is 0.301 e. The first-order valence-corrected chi connectivity index (χ1v) is 5.90. The van der Waals surface area contributed by atoms with Gasteiger partial charge in [0.05, 0.1) is 11.7 Å². The Bertz CT molecular complexity index is 701. The van der Waals surface area contributed by atoms with Gasteiger partial charge in [0.1, 0.15) is 11.6 Å². The van der Waals surface area contributed by atoms with Gasteiger partial charge < -0.3 is 4.40 Å². The summed E-state index contributed by atoms with van der Waals surface area (Å²) in [6.07, 6.45) is 2.48. The third-order valence-corrected chi connectivity index (χ3v) is 3.07. The number of hydrogen-bond donors (Lipinski definition) is 0. The van der Waals surface area contributed by atoms with Crippen molar-refractivity contribution in [3.05, 3.63) is 71.6 Å². The molecule has 0 aliphatic heterocycles. The first-order chi connectivity index (χ1) is 8.74. The van der Waals surface area contributed by atoms with E-state index in [2.05, 4.69) is 9.38 Å². The normalized spacial score (nSPS) is 11.0. The van der Waals surface area contributed by atoms with Crippen LogP contribution >= 0.6 is 0 Å². The Morgan fingerprint density at radius 1 is 1.17 bits per heavy atom. The SMILES string of the molecule is Cc1cccc2cnc(Cc3cccc(F)c3)n12. The molecule has 90 valence electrons. The van der Waals surface area contributed by atoms with Crippen molar-refractivity contribution >= 4 is 5.52 Å². The molecular formula is C15H13FN2. The molecule has 0 amide bonds. The fraction of sp³-hybridized carbons (Fsp3) is 0.133. The van der Waals surface area contributed by atoms with E-state index in [1.54, 1.807) is 12.1 Å². The van der Waals surface area contributed by atoms with Gasteiger partial charge in [0.15, 0.2) is 0 Å². The lowest BCUT2D eigenvalue weighted by atomic mass is 10.1. The number of imidazole rings is 1. The van der Waals surface area contributed by atoms with Gasteiger partial charge in [0.2, 0.25) is 0 Å². The maximum Gasteiger partial charge on any atom is 0.123 e. The minimum Gasteiger partial charge on any atom is -0.301 e. The molecule has 3 rings (SSSR count). The molecule has 0 aliphatic carbocycles. The molecule has 0 radical (unpaired) electrons. The Morgan fingerprint density at radius 3 is 2.83 bits per heavy atom. The monoisotopic (exact) mass is 240 g/mol. The highest BCUT2D eigenvalue weighted by molar-refractivity contribution is 5.47. The van der Waals surface area contributed by atoms with Crippen molar-refractivity contribution in [2.45, 2.75) is 13.3 Å². The lowest BCUT2D eigenvalue weighted by molar-refractivity contribution is 0.625. The lowest BCUT2D eigenvalue weighted by Gasteiger charge is -2.05. The molecule has 0 fully saturated rings. The van der Waals surface area contributed by atoms with E-state index in [1.807, 2.05) is 37.4 Å². The minimum atomic E-state index is -0.204. The van der Waals surface area contributed by atoms with Gasteiger partial charge in [-0.3, -0.25) is 0 Å². The molecule has 2 heterocycles. The van der Waals surface area contributed by atoms with Crippen LogP contribution in [-0.2, 0) is 6.42 Å². The van der Waals surface area contributed by atoms with Crippen LogP contribution in [0.1, 0.15) is 17.1 Å². The van der Waals surface area contributed by atoms with Crippen LogP contribution in [-0.4, -0.2) is 9.38 Å². The van der Waals surface area contributed by atoms with Crippen LogP contribution in [0.3, 0.4) is 0 Å². The van der Waals surface area contributed by atoms with Gasteiger partial charge in [0.25, 0.3) is 0 Å². The van der Waals surface area contributed by atoms with Crippen LogP contribution in [0.4, 0.5) is 4.39 Å². The second kappa shape index (κ2) is 4.26. The standard InChI is InChI=1S/C15H13FN2/c1-11-4-2-7-14-10-17-15(18(11)14)9-12-5-3-6-13(16)8-12/h2-8,10H,9H2,1H3. The van der Waals surface area contributed by atoms with Gasteiger partial charge in [-0.05, 0) is 36.8 Å². The maximum absolute atomic E-state index is 13.2. The Balaban J connectivity index is 2.05. The Morgan fingerprint density at radius 2 is 2.00 bits per heavy atom. The summed E-state index contributed by atoms with van der Waals surface area (Å²) >= 11 is 0. The summed E-state index contributed by atoms with van der Waals surface area (Å²) in [4.78, 5) is 4.42. The molecule has 0 saturated heterocycles. The van der Waals surface area contributed by atoms with E-state index in [4.69, 9.17) is 0 Å². The topological polar surface area (TPSA) is 17.3 Å². The van der Waals surface area contributed by atoms with Crippen molar-refractivity contribution in [3.8, 4) is 0 Å². The number of rotatable bonds is 2. The van der Waals surface area contributed by atoms with Crippen LogP contribution in [0.15, 0.2) is 48.7 Å². The summed E-state index contributed by atoms with van der Waals surface area (Å²) in [6.45, 7) is 2.05. The third kappa shape index (κ3) is 1.88. The number of nitrogens with zero attached hydrogens (tertiary/aromatic N) is 2. The zero-order valence-corrected chi connectivity index (χ0v) is 10.1. The second-order valence-corrected chi connectivity index (χ2v) is 4.41. The number of aromatic nitrogens is 2.